The molecule has 1 aromatic carbocycles. The molecule has 4 N–H and O–H groups in total. The van der Waals surface area contributed by atoms with E-state index in [0.29, 0.717) is 0 Å². The van der Waals surface area contributed by atoms with E-state index in [9.17, 15) is 26.7 Å². The van der Waals surface area contributed by atoms with Crippen LogP contribution in [-0.2, 0) is 7.05 Å². The smallest absolute Gasteiger partial charge is 0.389 e. The molecular formula is C19H18F5N7OS. The van der Waals surface area contributed by atoms with E-state index < -0.39 is 35.3 Å². The van der Waals surface area contributed by atoms with Gasteiger partial charge in [0.2, 0.25) is 0 Å². The standard InChI is InChI=1S/C19H18F5N7OS/c1-30-18(31-6-5-26-12(8-31)19(22,23)24)11(7-27-30)28-16(32)14-15(25)33-17(29-14)13-9(20)3-2-4-10(13)21/h2-4,7,12,26H,5-6,8,25H2,1H3,(H,28,32)/t12-/m1/s1. The Kier molecular flexibility index (Phi) is 5.97. The average Bonchev–Trinajstić information content (AvgIpc) is 3.30. The summed E-state index contributed by atoms with van der Waals surface area (Å²) in [6.07, 6.45) is -3.15. The van der Waals surface area contributed by atoms with Gasteiger partial charge in [0.1, 0.15) is 33.4 Å². The van der Waals surface area contributed by atoms with Crippen LogP contribution in [-0.4, -0.2) is 52.5 Å². The van der Waals surface area contributed by atoms with Crippen molar-refractivity contribution in [2.24, 2.45) is 7.05 Å². The van der Waals surface area contributed by atoms with E-state index in [-0.39, 0.29) is 46.8 Å². The maximum atomic E-state index is 14.1. The maximum Gasteiger partial charge on any atom is 0.405 e. The van der Waals surface area contributed by atoms with Gasteiger partial charge in [-0.1, -0.05) is 17.4 Å². The summed E-state index contributed by atoms with van der Waals surface area (Å²) in [6.45, 7) is -0.0364. The molecule has 0 saturated carbocycles. The minimum atomic E-state index is -4.44. The summed E-state index contributed by atoms with van der Waals surface area (Å²) in [5.41, 5.74) is 5.35. The molecule has 14 heteroatoms. The number of hydrogen-bond acceptors (Lipinski definition) is 7. The Morgan fingerprint density at radius 3 is 2.67 bits per heavy atom. The molecule has 1 aliphatic heterocycles. The second-order valence-corrected chi connectivity index (χ2v) is 8.31. The van der Waals surface area contributed by atoms with Gasteiger partial charge in [-0.15, -0.1) is 0 Å². The number of amides is 1. The molecule has 0 radical (unpaired) electrons. The first kappa shape index (κ1) is 22.9. The Bertz CT molecular complexity index is 1170. The largest absolute Gasteiger partial charge is 0.405 e. The summed E-state index contributed by atoms with van der Waals surface area (Å²) < 4.78 is 69.0. The van der Waals surface area contributed by atoms with Crippen molar-refractivity contribution in [3.8, 4) is 10.6 Å². The predicted molar refractivity (Wildman–Crippen MR) is 113 cm³/mol. The first-order valence-electron chi connectivity index (χ1n) is 9.65. The Hall–Kier alpha value is -3.26. The van der Waals surface area contributed by atoms with Crippen molar-refractivity contribution >= 4 is 33.8 Å². The summed E-state index contributed by atoms with van der Waals surface area (Å²) in [7, 11) is 1.53. The summed E-state index contributed by atoms with van der Waals surface area (Å²) in [5.74, 6) is -2.23. The van der Waals surface area contributed by atoms with Gasteiger partial charge < -0.3 is 21.3 Å². The van der Waals surface area contributed by atoms with Gasteiger partial charge in [-0.3, -0.25) is 9.48 Å². The predicted octanol–water partition coefficient (Wildman–Crippen LogP) is 3.00. The number of rotatable bonds is 4. The van der Waals surface area contributed by atoms with Crippen LogP contribution < -0.4 is 21.3 Å². The zero-order valence-electron chi connectivity index (χ0n) is 17.1. The highest BCUT2D eigenvalue weighted by molar-refractivity contribution is 7.19. The van der Waals surface area contributed by atoms with E-state index >= 15 is 0 Å². The van der Waals surface area contributed by atoms with E-state index in [0.717, 1.165) is 23.5 Å². The van der Waals surface area contributed by atoms with Crippen molar-refractivity contribution in [1.29, 1.82) is 0 Å². The zero-order chi connectivity index (χ0) is 23.9. The molecule has 1 saturated heterocycles. The van der Waals surface area contributed by atoms with Crippen molar-refractivity contribution in [2.75, 3.05) is 35.6 Å². The first-order valence-corrected chi connectivity index (χ1v) is 10.5. The number of benzene rings is 1. The number of carbonyl (C=O) groups is 1. The molecule has 2 aromatic heterocycles. The van der Waals surface area contributed by atoms with E-state index in [1.807, 2.05) is 0 Å². The van der Waals surface area contributed by atoms with Crippen molar-refractivity contribution in [1.82, 2.24) is 20.1 Å². The molecule has 33 heavy (non-hydrogen) atoms. The highest BCUT2D eigenvalue weighted by Crippen LogP contribution is 2.35. The van der Waals surface area contributed by atoms with Gasteiger partial charge in [0.15, 0.2) is 11.5 Å². The normalized spacial score (nSPS) is 16.8. The quantitative estimate of drug-likeness (QED) is 0.490. The molecule has 0 unspecified atom stereocenters. The molecule has 8 nitrogen and oxygen atoms in total. The van der Waals surface area contributed by atoms with Crippen LogP contribution in [0, 0.1) is 11.6 Å². The Balaban J connectivity index is 1.59. The summed E-state index contributed by atoms with van der Waals surface area (Å²) >= 11 is 0.736. The Morgan fingerprint density at radius 2 is 2.00 bits per heavy atom. The van der Waals surface area contributed by atoms with Crippen molar-refractivity contribution in [3.63, 3.8) is 0 Å². The van der Waals surface area contributed by atoms with Gasteiger partial charge in [-0.25, -0.2) is 13.8 Å². The molecule has 0 bridgehead atoms. The van der Waals surface area contributed by atoms with Crippen LogP contribution in [0.3, 0.4) is 0 Å². The number of aromatic nitrogens is 3. The lowest BCUT2D eigenvalue weighted by molar-refractivity contribution is -0.155. The minimum Gasteiger partial charge on any atom is -0.389 e. The molecule has 0 spiro atoms. The number of carbonyl (C=O) groups excluding carboxylic acids is 1. The van der Waals surface area contributed by atoms with Gasteiger partial charge in [0.25, 0.3) is 5.91 Å². The van der Waals surface area contributed by atoms with Crippen molar-refractivity contribution < 1.29 is 26.7 Å². The average molecular weight is 487 g/mol. The number of nitrogens with zero attached hydrogens (tertiary/aromatic N) is 4. The number of anilines is 3. The molecule has 1 amide bonds. The SMILES string of the molecule is Cn1ncc(NC(=O)c2nc(-c3c(F)cccc3F)sc2N)c1N1CCN[C@@H](C(F)(F)F)C1. The number of nitrogen functional groups attached to an aromatic ring is 1. The number of halogens is 5. The lowest BCUT2D eigenvalue weighted by atomic mass is 10.2. The third-order valence-corrected chi connectivity index (χ3v) is 5.97. The number of thiazole rings is 1. The van der Waals surface area contributed by atoms with Crippen molar-refractivity contribution in [3.05, 3.63) is 41.7 Å². The van der Waals surface area contributed by atoms with Crippen LogP contribution >= 0.6 is 11.3 Å². The number of hydrogen-bond donors (Lipinski definition) is 3. The molecule has 0 aliphatic carbocycles. The van der Waals surface area contributed by atoms with E-state index in [1.54, 1.807) is 0 Å². The number of nitrogens with two attached hydrogens (primary N) is 1. The third kappa shape index (κ3) is 4.48. The van der Waals surface area contributed by atoms with Gasteiger partial charge in [-0.05, 0) is 12.1 Å². The molecule has 1 fully saturated rings. The van der Waals surface area contributed by atoms with Gasteiger partial charge >= 0.3 is 6.18 Å². The number of alkyl halides is 3. The third-order valence-electron chi connectivity index (χ3n) is 5.07. The number of aryl methyl sites for hydroxylation is 1. The Morgan fingerprint density at radius 1 is 1.30 bits per heavy atom. The van der Waals surface area contributed by atoms with E-state index in [4.69, 9.17) is 5.73 Å². The van der Waals surface area contributed by atoms with Gasteiger partial charge in [0, 0.05) is 26.7 Å². The molecule has 3 aromatic rings. The summed E-state index contributed by atoms with van der Waals surface area (Å²) in [4.78, 5) is 18.3. The maximum absolute atomic E-state index is 14.1. The number of piperazine rings is 1. The molecule has 4 rings (SSSR count). The summed E-state index contributed by atoms with van der Waals surface area (Å²) in [5, 5.41) is 8.81. The summed E-state index contributed by atoms with van der Waals surface area (Å²) in [6, 6.07) is 1.57. The van der Waals surface area contributed by atoms with Crippen LogP contribution in [0.2, 0.25) is 0 Å². The fraction of sp³-hybridized carbons (Fsp3) is 0.316. The molecule has 176 valence electrons. The fourth-order valence-electron chi connectivity index (χ4n) is 3.54. The zero-order valence-corrected chi connectivity index (χ0v) is 17.9. The lowest BCUT2D eigenvalue weighted by Gasteiger charge is -2.36. The van der Waals surface area contributed by atoms with Crippen LogP contribution in [0.25, 0.3) is 10.6 Å². The molecule has 1 atom stereocenters. The molecule has 3 heterocycles. The first-order chi connectivity index (χ1) is 15.6. The highest BCUT2D eigenvalue weighted by Gasteiger charge is 2.42. The Labute approximate surface area is 188 Å². The van der Waals surface area contributed by atoms with Crippen LogP contribution in [0.4, 0.5) is 38.5 Å². The number of nitrogens with one attached hydrogen (secondary N) is 2. The van der Waals surface area contributed by atoms with Crippen LogP contribution in [0.5, 0.6) is 0 Å². The van der Waals surface area contributed by atoms with Gasteiger partial charge in [-0.2, -0.15) is 18.3 Å². The van der Waals surface area contributed by atoms with Crippen LogP contribution in [0.15, 0.2) is 24.4 Å². The second-order valence-electron chi connectivity index (χ2n) is 7.28. The van der Waals surface area contributed by atoms with Crippen LogP contribution in [0.1, 0.15) is 10.5 Å². The lowest BCUT2D eigenvalue weighted by Crippen LogP contribution is -2.57. The molecule has 1 aliphatic rings. The highest BCUT2D eigenvalue weighted by atomic mass is 32.1. The van der Waals surface area contributed by atoms with E-state index in [1.165, 1.54) is 28.9 Å². The van der Waals surface area contributed by atoms with E-state index in [2.05, 4.69) is 20.7 Å². The fourth-order valence-corrected chi connectivity index (χ4v) is 4.42. The minimum absolute atomic E-state index is 0.0742. The topological polar surface area (TPSA) is 101 Å². The molecular weight excluding hydrogens is 469 g/mol. The van der Waals surface area contributed by atoms with Crippen molar-refractivity contribution in [2.45, 2.75) is 12.2 Å². The monoisotopic (exact) mass is 487 g/mol. The second kappa shape index (κ2) is 8.59. The van der Waals surface area contributed by atoms with Gasteiger partial charge in [0.05, 0.1) is 11.8 Å².